The first-order valence-electron chi connectivity index (χ1n) is 11.0. The number of hydrogen-bond donors (Lipinski definition) is 1. The molecule has 1 aliphatic carbocycles. The van der Waals surface area contributed by atoms with Crippen LogP contribution in [0.5, 0.6) is 0 Å². The van der Waals surface area contributed by atoms with Crippen molar-refractivity contribution in [1.82, 2.24) is 20.1 Å². The molecular formula is C22H31ClN4O3S2. The molecule has 7 nitrogen and oxygen atoms in total. The average Bonchev–Trinajstić information content (AvgIpc) is 3.39. The van der Waals surface area contributed by atoms with Gasteiger partial charge in [-0.3, -0.25) is 4.79 Å². The van der Waals surface area contributed by atoms with Crippen LogP contribution >= 0.6 is 23.4 Å². The van der Waals surface area contributed by atoms with E-state index in [2.05, 4.69) is 33.9 Å². The van der Waals surface area contributed by atoms with Crippen molar-refractivity contribution in [1.29, 1.82) is 0 Å². The number of hydrogen-bond acceptors (Lipinski definition) is 6. The van der Waals surface area contributed by atoms with Crippen molar-refractivity contribution in [2.75, 3.05) is 12.8 Å². The van der Waals surface area contributed by atoms with Gasteiger partial charge in [0.05, 0.1) is 4.90 Å². The largest absolute Gasteiger partial charge is 0.355 e. The SMILES string of the molecule is CSc1nnc(CCCNC(=O)C2(S(=O)(=O)c3ccc(Cl)cc3)CCCC2)n1CC(C)C. The molecule has 0 aliphatic heterocycles. The van der Waals surface area contributed by atoms with Crippen LogP contribution in [0.25, 0.3) is 0 Å². The fourth-order valence-electron chi connectivity index (χ4n) is 4.22. The molecule has 1 heterocycles. The van der Waals surface area contributed by atoms with Gasteiger partial charge in [-0.15, -0.1) is 10.2 Å². The molecule has 1 N–H and O–H groups in total. The molecule has 10 heteroatoms. The predicted octanol–water partition coefficient (Wildman–Crippen LogP) is 4.14. The summed E-state index contributed by atoms with van der Waals surface area (Å²) in [5.41, 5.74) is 0. The van der Waals surface area contributed by atoms with Crippen molar-refractivity contribution < 1.29 is 13.2 Å². The van der Waals surface area contributed by atoms with Gasteiger partial charge in [0.1, 0.15) is 5.82 Å². The summed E-state index contributed by atoms with van der Waals surface area (Å²) < 4.78 is 27.6. The summed E-state index contributed by atoms with van der Waals surface area (Å²) in [5, 5.41) is 12.8. The molecule has 1 fully saturated rings. The summed E-state index contributed by atoms with van der Waals surface area (Å²) in [5.74, 6) is 0.954. The Kier molecular flexibility index (Phi) is 8.27. The lowest BCUT2D eigenvalue weighted by molar-refractivity contribution is -0.123. The molecule has 0 unspecified atom stereocenters. The quantitative estimate of drug-likeness (QED) is 0.390. The summed E-state index contributed by atoms with van der Waals surface area (Å²) in [7, 11) is -3.83. The van der Waals surface area contributed by atoms with E-state index in [0.717, 1.165) is 30.4 Å². The molecule has 1 aromatic heterocycles. The Bertz CT molecular complexity index is 1030. The summed E-state index contributed by atoms with van der Waals surface area (Å²) in [6.45, 7) is 5.53. The van der Waals surface area contributed by atoms with E-state index < -0.39 is 20.5 Å². The van der Waals surface area contributed by atoms with E-state index in [1.807, 2.05) is 6.26 Å². The van der Waals surface area contributed by atoms with Crippen LogP contribution in [0.2, 0.25) is 5.02 Å². The highest BCUT2D eigenvalue weighted by atomic mass is 35.5. The fraction of sp³-hybridized carbons (Fsp3) is 0.591. The summed E-state index contributed by atoms with van der Waals surface area (Å²) in [4.78, 5) is 13.3. The molecule has 1 aliphatic rings. The Morgan fingerprint density at radius 2 is 1.88 bits per heavy atom. The zero-order valence-electron chi connectivity index (χ0n) is 18.8. The highest BCUT2D eigenvalue weighted by Gasteiger charge is 2.52. The van der Waals surface area contributed by atoms with Crippen molar-refractivity contribution in [2.45, 2.75) is 73.7 Å². The Morgan fingerprint density at radius 3 is 2.47 bits per heavy atom. The maximum absolute atomic E-state index is 13.4. The number of aryl methyl sites for hydroxylation is 1. The predicted molar refractivity (Wildman–Crippen MR) is 128 cm³/mol. The Morgan fingerprint density at radius 1 is 1.22 bits per heavy atom. The number of thioether (sulfide) groups is 1. The van der Waals surface area contributed by atoms with Crippen LogP contribution in [0.15, 0.2) is 34.3 Å². The first kappa shape index (κ1) is 25.1. The minimum absolute atomic E-state index is 0.144. The van der Waals surface area contributed by atoms with Gasteiger partial charge >= 0.3 is 0 Å². The number of amides is 1. The van der Waals surface area contributed by atoms with E-state index in [9.17, 15) is 13.2 Å². The average molecular weight is 499 g/mol. The molecule has 1 saturated carbocycles. The molecule has 0 atom stereocenters. The van der Waals surface area contributed by atoms with Crippen LogP contribution < -0.4 is 5.32 Å². The lowest BCUT2D eigenvalue weighted by Crippen LogP contribution is -2.50. The fourth-order valence-corrected chi connectivity index (χ4v) is 6.95. The van der Waals surface area contributed by atoms with E-state index in [-0.39, 0.29) is 4.90 Å². The topological polar surface area (TPSA) is 94.0 Å². The first-order valence-corrected chi connectivity index (χ1v) is 14.0. The molecule has 3 rings (SSSR count). The highest BCUT2D eigenvalue weighted by molar-refractivity contribution is 7.98. The molecule has 2 aromatic rings. The third-order valence-electron chi connectivity index (χ3n) is 5.85. The molecular weight excluding hydrogens is 468 g/mol. The minimum Gasteiger partial charge on any atom is -0.355 e. The van der Waals surface area contributed by atoms with Crippen molar-refractivity contribution in [3.8, 4) is 0 Å². The third kappa shape index (κ3) is 5.15. The molecule has 0 saturated heterocycles. The third-order valence-corrected chi connectivity index (χ3v) is 9.28. The van der Waals surface area contributed by atoms with E-state index >= 15 is 0 Å². The maximum atomic E-state index is 13.4. The van der Waals surface area contributed by atoms with Crippen LogP contribution in [-0.4, -0.2) is 46.6 Å². The Hall–Kier alpha value is -1.58. The van der Waals surface area contributed by atoms with E-state index in [1.54, 1.807) is 23.9 Å². The number of carbonyl (C=O) groups excluding carboxylic acids is 1. The standard InChI is InChI=1S/C22H31ClN4O3S2/c1-16(2)15-27-19(25-26-21(27)31-3)7-6-14-24-20(28)22(12-4-5-13-22)32(29,30)18-10-8-17(23)9-11-18/h8-11,16H,4-7,12-15H2,1-3H3,(H,24,28). The lowest BCUT2D eigenvalue weighted by Gasteiger charge is -2.27. The van der Waals surface area contributed by atoms with E-state index in [0.29, 0.717) is 43.2 Å². The number of aromatic nitrogens is 3. The number of halogens is 1. The molecule has 32 heavy (non-hydrogen) atoms. The van der Waals surface area contributed by atoms with Gasteiger partial charge in [0.25, 0.3) is 0 Å². The molecule has 1 aromatic carbocycles. The van der Waals surface area contributed by atoms with Crippen molar-refractivity contribution >= 4 is 39.1 Å². The summed E-state index contributed by atoms with van der Waals surface area (Å²) in [6.07, 6.45) is 5.41. The van der Waals surface area contributed by atoms with Crippen molar-refractivity contribution in [3.05, 3.63) is 35.1 Å². The van der Waals surface area contributed by atoms with Crippen LogP contribution in [0.3, 0.4) is 0 Å². The number of carbonyl (C=O) groups is 1. The number of rotatable bonds is 10. The van der Waals surface area contributed by atoms with Gasteiger partial charge in [-0.05, 0) is 55.7 Å². The second-order valence-corrected chi connectivity index (χ2v) is 12.1. The Balaban J connectivity index is 1.67. The molecule has 0 bridgehead atoms. The van der Waals surface area contributed by atoms with Gasteiger partial charge in [0.15, 0.2) is 19.7 Å². The van der Waals surface area contributed by atoms with Gasteiger partial charge in [-0.1, -0.05) is 50.1 Å². The molecule has 0 spiro atoms. The highest BCUT2D eigenvalue weighted by Crippen LogP contribution is 2.41. The molecule has 0 radical (unpaired) electrons. The number of benzene rings is 1. The minimum atomic E-state index is -3.83. The second-order valence-electron chi connectivity index (χ2n) is 8.63. The normalized spacial score (nSPS) is 15.9. The van der Waals surface area contributed by atoms with Gasteiger partial charge in [-0.25, -0.2) is 8.42 Å². The van der Waals surface area contributed by atoms with Crippen LogP contribution in [0.1, 0.15) is 51.8 Å². The number of sulfone groups is 1. The van der Waals surface area contributed by atoms with Crippen LogP contribution in [0.4, 0.5) is 0 Å². The monoisotopic (exact) mass is 498 g/mol. The lowest BCUT2D eigenvalue weighted by atomic mass is 10.1. The summed E-state index contributed by atoms with van der Waals surface area (Å²) in [6, 6.07) is 6.06. The maximum Gasteiger partial charge on any atom is 0.241 e. The van der Waals surface area contributed by atoms with Crippen LogP contribution in [0, 0.1) is 5.92 Å². The van der Waals surface area contributed by atoms with Gasteiger partial charge < -0.3 is 9.88 Å². The molecule has 1 amide bonds. The first-order chi connectivity index (χ1) is 15.2. The van der Waals surface area contributed by atoms with Crippen molar-refractivity contribution in [2.24, 2.45) is 5.92 Å². The van der Waals surface area contributed by atoms with Gasteiger partial charge in [-0.2, -0.15) is 0 Å². The number of nitrogens with zero attached hydrogens (tertiary/aromatic N) is 3. The van der Waals surface area contributed by atoms with Gasteiger partial charge in [0, 0.05) is 24.5 Å². The zero-order chi connectivity index (χ0) is 23.4. The molecule has 176 valence electrons. The second kappa shape index (κ2) is 10.6. The summed E-state index contributed by atoms with van der Waals surface area (Å²) >= 11 is 7.48. The van der Waals surface area contributed by atoms with Gasteiger partial charge in [0.2, 0.25) is 5.91 Å². The number of nitrogens with one attached hydrogen (secondary N) is 1. The van der Waals surface area contributed by atoms with Crippen molar-refractivity contribution in [3.63, 3.8) is 0 Å². The zero-order valence-corrected chi connectivity index (χ0v) is 21.2. The smallest absolute Gasteiger partial charge is 0.241 e. The van der Waals surface area contributed by atoms with E-state index in [4.69, 9.17) is 11.6 Å². The van der Waals surface area contributed by atoms with E-state index in [1.165, 1.54) is 12.1 Å². The Labute approximate surface area is 199 Å². The van der Waals surface area contributed by atoms with Crippen LogP contribution in [-0.2, 0) is 27.6 Å².